The Kier molecular flexibility index (Phi) is 6.43. The van der Waals surface area contributed by atoms with Crippen LogP contribution < -0.4 is 10.1 Å². The van der Waals surface area contributed by atoms with E-state index in [2.05, 4.69) is 17.2 Å². The van der Waals surface area contributed by atoms with E-state index in [-0.39, 0.29) is 11.7 Å². The van der Waals surface area contributed by atoms with E-state index >= 15 is 0 Å². The van der Waals surface area contributed by atoms with E-state index in [9.17, 15) is 9.18 Å². The number of hydrogen-bond acceptors (Lipinski definition) is 3. The van der Waals surface area contributed by atoms with Gasteiger partial charge in [-0.1, -0.05) is 44.7 Å². The Morgan fingerprint density at radius 3 is 2.52 bits per heavy atom. The third-order valence-corrected chi connectivity index (χ3v) is 5.28. The van der Waals surface area contributed by atoms with Crippen molar-refractivity contribution in [3.8, 4) is 5.88 Å². The molecule has 1 aliphatic carbocycles. The zero-order valence-corrected chi connectivity index (χ0v) is 15.8. The summed E-state index contributed by atoms with van der Waals surface area (Å²) in [5.41, 5.74) is 0.922. The lowest BCUT2D eigenvalue weighted by Gasteiger charge is -2.36. The van der Waals surface area contributed by atoms with Crippen LogP contribution in [0.5, 0.6) is 5.88 Å². The fraction of sp³-hybridized carbons (Fsp3) is 0.455. The molecule has 1 aromatic heterocycles. The van der Waals surface area contributed by atoms with Gasteiger partial charge >= 0.3 is 0 Å². The molecule has 0 aliphatic heterocycles. The van der Waals surface area contributed by atoms with Gasteiger partial charge in [0.1, 0.15) is 5.82 Å². The number of nitrogens with one attached hydrogen (secondary N) is 1. The van der Waals surface area contributed by atoms with Crippen molar-refractivity contribution in [3.63, 3.8) is 0 Å². The van der Waals surface area contributed by atoms with Crippen molar-refractivity contribution in [2.24, 2.45) is 0 Å². The molecule has 144 valence electrons. The number of rotatable bonds is 7. The van der Waals surface area contributed by atoms with Crippen LogP contribution in [-0.2, 0) is 10.2 Å². The third kappa shape index (κ3) is 4.65. The van der Waals surface area contributed by atoms with E-state index < -0.39 is 5.41 Å². The zero-order valence-electron chi connectivity index (χ0n) is 15.8. The average molecular weight is 370 g/mol. The number of aromatic nitrogens is 1. The fourth-order valence-electron chi connectivity index (χ4n) is 3.68. The van der Waals surface area contributed by atoms with Crippen molar-refractivity contribution < 1.29 is 13.9 Å². The normalized spacial score (nSPS) is 15.9. The molecule has 0 radical (unpaired) electrons. The van der Waals surface area contributed by atoms with Crippen LogP contribution in [0.3, 0.4) is 0 Å². The van der Waals surface area contributed by atoms with Gasteiger partial charge in [0.15, 0.2) is 0 Å². The van der Waals surface area contributed by atoms with Crippen molar-refractivity contribution in [1.29, 1.82) is 0 Å². The summed E-state index contributed by atoms with van der Waals surface area (Å²) >= 11 is 0. The second-order valence-electron chi connectivity index (χ2n) is 7.19. The zero-order chi connectivity index (χ0) is 19.1. The molecule has 1 saturated carbocycles. The highest BCUT2D eigenvalue weighted by Crippen LogP contribution is 2.40. The van der Waals surface area contributed by atoms with Gasteiger partial charge in [-0.15, -0.1) is 0 Å². The predicted molar refractivity (Wildman–Crippen MR) is 104 cm³/mol. The molecule has 1 fully saturated rings. The molecule has 1 N–H and O–H groups in total. The quantitative estimate of drug-likeness (QED) is 0.678. The van der Waals surface area contributed by atoms with Crippen molar-refractivity contribution in [3.05, 3.63) is 54.0 Å². The molecule has 1 aromatic carbocycles. The van der Waals surface area contributed by atoms with Gasteiger partial charge in [0.05, 0.1) is 23.9 Å². The molecule has 0 atom stereocenters. The van der Waals surface area contributed by atoms with Crippen LogP contribution in [0.4, 0.5) is 10.1 Å². The number of pyridine rings is 1. The van der Waals surface area contributed by atoms with Crippen molar-refractivity contribution in [2.75, 3.05) is 11.9 Å². The first-order valence-corrected chi connectivity index (χ1v) is 9.80. The minimum absolute atomic E-state index is 0.0461. The van der Waals surface area contributed by atoms with Gasteiger partial charge in [-0.2, -0.15) is 0 Å². The molecular formula is C22H27FN2O2. The molecule has 4 nitrogen and oxygen atoms in total. The number of benzene rings is 1. The van der Waals surface area contributed by atoms with Crippen LogP contribution in [0.1, 0.15) is 57.4 Å². The highest BCUT2D eigenvalue weighted by atomic mass is 19.1. The maximum atomic E-state index is 13.4. The number of halogens is 1. The van der Waals surface area contributed by atoms with Gasteiger partial charge < -0.3 is 10.1 Å². The topological polar surface area (TPSA) is 51.2 Å². The Balaban J connectivity index is 1.74. The maximum absolute atomic E-state index is 13.4. The lowest BCUT2D eigenvalue weighted by molar-refractivity contribution is -0.122. The summed E-state index contributed by atoms with van der Waals surface area (Å²) in [5, 5.41) is 3.01. The van der Waals surface area contributed by atoms with Gasteiger partial charge in [-0.3, -0.25) is 4.79 Å². The van der Waals surface area contributed by atoms with Crippen LogP contribution in [0.25, 0.3) is 0 Å². The summed E-state index contributed by atoms with van der Waals surface area (Å²) in [6.07, 6.45) is 8.34. The largest absolute Gasteiger partial charge is 0.478 e. The van der Waals surface area contributed by atoms with Gasteiger partial charge in [-0.25, -0.2) is 9.37 Å². The molecule has 3 rings (SSSR count). The molecule has 0 spiro atoms. The Morgan fingerprint density at radius 1 is 1.15 bits per heavy atom. The van der Waals surface area contributed by atoms with Crippen molar-refractivity contribution >= 4 is 11.6 Å². The van der Waals surface area contributed by atoms with E-state index in [1.54, 1.807) is 24.4 Å². The molecule has 27 heavy (non-hydrogen) atoms. The Morgan fingerprint density at radius 2 is 1.89 bits per heavy atom. The highest BCUT2D eigenvalue weighted by Gasteiger charge is 2.41. The second kappa shape index (κ2) is 8.98. The Bertz CT molecular complexity index is 738. The second-order valence-corrected chi connectivity index (χ2v) is 7.19. The summed E-state index contributed by atoms with van der Waals surface area (Å²) in [5.74, 6) is 0.232. The number of unbranched alkanes of at least 4 members (excludes halogenated alkanes) is 1. The smallest absolute Gasteiger partial charge is 0.235 e. The average Bonchev–Trinajstić information content (AvgIpc) is 2.70. The lowest BCUT2D eigenvalue weighted by Crippen LogP contribution is -2.42. The molecule has 5 heteroatoms. The highest BCUT2D eigenvalue weighted by molar-refractivity contribution is 5.99. The number of amides is 1. The molecule has 1 amide bonds. The van der Waals surface area contributed by atoms with Crippen molar-refractivity contribution in [2.45, 2.75) is 57.3 Å². The first kappa shape index (κ1) is 19.3. The lowest BCUT2D eigenvalue weighted by atomic mass is 9.68. The van der Waals surface area contributed by atoms with Gasteiger partial charge in [0.2, 0.25) is 11.8 Å². The number of anilines is 1. The van der Waals surface area contributed by atoms with E-state index in [4.69, 9.17) is 4.74 Å². The molecular weight excluding hydrogens is 343 g/mol. The standard InChI is InChI=1S/C22H27FN2O2/c1-2-3-15-27-20-12-11-19(16-24-20)25-21(26)22(13-5-4-6-14-22)17-7-9-18(23)10-8-17/h7-12,16H,2-6,13-15H2,1H3,(H,25,26). The minimum Gasteiger partial charge on any atom is -0.478 e. The first-order chi connectivity index (χ1) is 13.1. The monoisotopic (exact) mass is 370 g/mol. The minimum atomic E-state index is -0.609. The predicted octanol–water partition coefficient (Wildman–Crippen LogP) is 5.24. The van der Waals surface area contributed by atoms with Crippen LogP contribution in [0, 0.1) is 5.82 Å². The Labute approximate surface area is 160 Å². The third-order valence-electron chi connectivity index (χ3n) is 5.28. The van der Waals surface area contributed by atoms with E-state index in [0.29, 0.717) is 18.2 Å². The summed E-state index contributed by atoms with van der Waals surface area (Å²) in [6, 6.07) is 9.93. The molecule has 0 bridgehead atoms. The van der Waals surface area contributed by atoms with Crippen LogP contribution >= 0.6 is 0 Å². The molecule has 0 saturated heterocycles. The van der Waals surface area contributed by atoms with E-state index in [1.165, 1.54) is 12.1 Å². The molecule has 1 aliphatic rings. The maximum Gasteiger partial charge on any atom is 0.235 e. The summed E-state index contributed by atoms with van der Waals surface area (Å²) in [4.78, 5) is 17.5. The fourth-order valence-corrected chi connectivity index (χ4v) is 3.68. The van der Waals surface area contributed by atoms with Crippen LogP contribution in [0.15, 0.2) is 42.6 Å². The number of nitrogens with zero attached hydrogens (tertiary/aromatic N) is 1. The summed E-state index contributed by atoms with van der Waals surface area (Å²) < 4.78 is 18.9. The number of ether oxygens (including phenoxy) is 1. The van der Waals surface area contributed by atoms with Gasteiger partial charge in [0, 0.05) is 6.07 Å². The summed E-state index contributed by atoms with van der Waals surface area (Å²) in [6.45, 7) is 2.75. The number of carbonyl (C=O) groups excluding carboxylic acids is 1. The molecule has 0 unspecified atom stereocenters. The van der Waals surface area contributed by atoms with Gasteiger partial charge in [0.25, 0.3) is 0 Å². The first-order valence-electron chi connectivity index (χ1n) is 9.80. The SMILES string of the molecule is CCCCOc1ccc(NC(=O)C2(c3ccc(F)cc3)CCCCC2)cn1. The Hall–Kier alpha value is -2.43. The summed E-state index contributed by atoms with van der Waals surface area (Å²) in [7, 11) is 0. The number of hydrogen-bond donors (Lipinski definition) is 1. The van der Waals surface area contributed by atoms with E-state index in [0.717, 1.165) is 50.5 Å². The van der Waals surface area contributed by atoms with E-state index in [1.807, 2.05) is 6.07 Å². The molecule has 1 heterocycles. The molecule has 2 aromatic rings. The van der Waals surface area contributed by atoms with Crippen molar-refractivity contribution in [1.82, 2.24) is 4.98 Å². The van der Waals surface area contributed by atoms with Crippen LogP contribution in [-0.4, -0.2) is 17.5 Å². The van der Waals surface area contributed by atoms with Crippen LogP contribution in [0.2, 0.25) is 0 Å². The number of carbonyl (C=O) groups is 1. The van der Waals surface area contributed by atoms with Gasteiger partial charge in [-0.05, 0) is 43.0 Å².